The molecule has 1 aliphatic carbocycles. The molecule has 38 heavy (non-hydrogen) atoms. The topological polar surface area (TPSA) is 48.1 Å². The summed E-state index contributed by atoms with van der Waals surface area (Å²) in [5.41, 5.74) is -0.842. The van der Waals surface area contributed by atoms with Crippen molar-refractivity contribution in [2.75, 3.05) is 13.7 Å². The lowest BCUT2D eigenvalue weighted by Gasteiger charge is -2.28. The van der Waals surface area contributed by atoms with Gasteiger partial charge in [0.05, 0.1) is 19.6 Å². The first-order valence-corrected chi connectivity index (χ1v) is 12.0. The molecule has 0 aromatic heterocycles. The standard InChI is InChI=1S/C28H22F6O4/c1-36-19-10-8-15(22(29)26(19)33)13-2-4-14(5-3-13)28(35)38-20-11-9-17(24(31)27(20)34)16-6-7-18(21-12-37-21)25(32)23(16)30/h6-11,13-14,21H,2-5,12H2,1H3. The van der Waals surface area contributed by atoms with Gasteiger partial charge in [0.2, 0.25) is 11.6 Å². The maximum Gasteiger partial charge on any atom is 0.314 e. The van der Waals surface area contributed by atoms with Crippen LogP contribution in [0.2, 0.25) is 0 Å². The Morgan fingerprint density at radius 2 is 1.24 bits per heavy atom. The highest BCUT2D eigenvalue weighted by atomic mass is 19.2. The number of carbonyl (C=O) groups excluding carboxylic acids is 1. The third-order valence-corrected chi connectivity index (χ3v) is 7.14. The molecule has 1 atom stereocenters. The smallest absolute Gasteiger partial charge is 0.314 e. The Labute approximate surface area is 214 Å². The highest BCUT2D eigenvalue weighted by Crippen LogP contribution is 2.40. The fraction of sp³-hybridized carbons (Fsp3) is 0.321. The zero-order chi connectivity index (χ0) is 27.1. The molecule has 1 aliphatic heterocycles. The minimum Gasteiger partial charge on any atom is -0.494 e. The summed E-state index contributed by atoms with van der Waals surface area (Å²) in [4.78, 5) is 12.7. The molecule has 3 aromatic carbocycles. The normalized spacial score (nSPS) is 20.8. The number of ether oxygens (including phenoxy) is 3. The van der Waals surface area contributed by atoms with E-state index in [-0.39, 0.29) is 42.2 Å². The van der Waals surface area contributed by atoms with Crippen molar-refractivity contribution in [2.45, 2.75) is 37.7 Å². The van der Waals surface area contributed by atoms with Crippen molar-refractivity contribution in [2.24, 2.45) is 5.92 Å². The fourth-order valence-electron chi connectivity index (χ4n) is 4.92. The summed E-state index contributed by atoms with van der Waals surface area (Å²) < 4.78 is 102. The van der Waals surface area contributed by atoms with Crippen molar-refractivity contribution in [3.63, 3.8) is 0 Å². The summed E-state index contributed by atoms with van der Waals surface area (Å²) in [5.74, 6) is -10.3. The second-order valence-electron chi connectivity index (χ2n) is 9.35. The molecule has 1 saturated heterocycles. The van der Waals surface area contributed by atoms with Gasteiger partial charge in [-0.1, -0.05) is 18.2 Å². The molecule has 0 radical (unpaired) electrons. The molecule has 2 aliphatic rings. The first-order chi connectivity index (χ1) is 18.2. The molecule has 3 aromatic rings. The van der Waals surface area contributed by atoms with Gasteiger partial charge < -0.3 is 14.2 Å². The molecule has 0 amide bonds. The first kappa shape index (κ1) is 26.1. The van der Waals surface area contributed by atoms with Crippen molar-refractivity contribution < 1.29 is 45.3 Å². The van der Waals surface area contributed by atoms with Crippen LogP contribution in [0.15, 0.2) is 36.4 Å². The number of rotatable bonds is 6. The summed E-state index contributed by atoms with van der Waals surface area (Å²) in [6.07, 6.45) is 0.671. The number of hydrogen-bond donors (Lipinski definition) is 0. The molecule has 200 valence electrons. The van der Waals surface area contributed by atoms with E-state index in [0.29, 0.717) is 12.8 Å². The summed E-state index contributed by atoms with van der Waals surface area (Å²) in [6.45, 7) is 0.247. The van der Waals surface area contributed by atoms with Gasteiger partial charge in [0, 0.05) is 16.7 Å². The number of esters is 1. The van der Waals surface area contributed by atoms with Gasteiger partial charge in [-0.15, -0.1) is 0 Å². The van der Waals surface area contributed by atoms with Gasteiger partial charge in [-0.2, -0.15) is 8.78 Å². The minimum absolute atomic E-state index is 0.00716. The molecule has 1 heterocycles. The van der Waals surface area contributed by atoms with Crippen molar-refractivity contribution in [1.82, 2.24) is 0 Å². The van der Waals surface area contributed by atoms with Crippen molar-refractivity contribution >= 4 is 5.97 Å². The van der Waals surface area contributed by atoms with E-state index < -0.39 is 69.8 Å². The van der Waals surface area contributed by atoms with Gasteiger partial charge in [0.1, 0.15) is 6.10 Å². The van der Waals surface area contributed by atoms with Crippen molar-refractivity contribution in [1.29, 1.82) is 0 Å². The van der Waals surface area contributed by atoms with E-state index in [0.717, 1.165) is 18.2 Å². The fourth-order valence-corrected chi connectivity index (χ4v) is 4.92. The van der Waals surface area contributed by atoms with Crippen LogP contribution in [0.4, 0.5) is 26.3 Å². The maximum absolute atomic E-state index is 14.8. The molecule has 2 fully saturated rings. The largest absolute Gasteiger partial charge is 0.494 e. The zero-order valence-electron chi connectivity index (χ0n) is 20.1. The van der Waals surface area contributed by atoms with Gasteiger partial charge in [0.15, 0.2) is 34.8 Å². The average Bonchev–Trinajstić information content (AvgIpc) is 3.76. The van der Waals surface area contributed by atoms with E-state index >= 15 is 0 Å². The van der Waals surface area contributed by atoms with Crippen molar-refractivity contribution in [3.05, 3.63) is 82.4 Å². The van der Waals surface area contributed by atoms with E-state index in [1.165, 1.54) is 25.3 Å². The monoisotopic (exact) mass is 536 g/mol. The van der Waals surface area contributed by atoms with Crippen molar-refractivity contribution in [3.8, 4) is 22.6 Å². The SMILES string of the molecule is COc1ccc(C2CCC(C(=O)Oc3ccc(-c4ccc(C5CO5)c(F)c4F)c(F)c3F)CC2)c(F)c1F. The summed E-state index contributed by atoms with van der Waals surface area (Å²) in [6, 6.07) is 7.15. The molecular weight excluding hydrogens is 514 g/mol. The Morgan fingerprint density at radius 1 is 0.711 bits per heavy atom. The molecule has 4 nitrogen and oxygen atoms in total. The lowest BCUT2D eigenvalue weighted by molar-refractivity contribution is -0.140. The van der Waals surface area contributed by atoms with Gasteiger partial charge in [-0.05, 0) is 55.4 Å². The third kappa shape index (κ3) is 4.73. The molecular formula is C28H22F6O4. The summed E-state index contributed by atoms with van der Waals surface area (Å²) in [7, 11) is 1.23. The van der Waals surface area contributed by atoms with Gasteiger partial charge in [-0.3, -0.25) is 4.79 Å². The minimum atomic E-state index is -1.52. The van der Waals surface area contributed by atoms with Crippen LogP contribution in [0.25, 0.3) is 11.1 Å². The van der Waals surface area contributed by atoms with Crippen LogP contribution in [-0.4, -0.2) is 19.7 Å². The number of halogens is 6. The summed E-state index contributed by atoms with van der Waals surface area (Å²) in [5, 5.41) is 0. The van der Waals surface area contributed by atoms with Gasteiger partial charge >= 0.3 is 5.97 Å². The van der Waals surface area contributed by atoms with Crippen LogP contribution < -0.4 is 9.47 Å². The molecule has 10 heteroatoms. The third-order valence-electron chi connectivity index (χ3n) is 7.14. The quantitative estimate of drug-likeness (QED) is 0.145. The second kappa shape index (κ2) is 10.3. The molecule has 0 spiro atoms. The van der Waals surface area contributed by atoms with Crippen LogP contribution in [0, 0.1) is 40.8 Å². The van der Waals surface area contributed by atoms with Gasteiger partial charge in [-0.25, -0.2) is 17.6 Å². The molecule has 1 saturated carbocycles. The molecule has 0 bridgehead atoms. The Bertz CT molecular complexity index is 1400. The predicted molar refractivity (Wildman–Crippen MR) is 124 cm³/mol. The van der Waals surface area contributed by atoms with Crippen LogP contribution in [0.1, 0.15) is 48.8 Å². The number of carbonyl (C=O) groups is 1. The lowest BCUT2D eigenvalue weighted by atomic mass is 9.78. The van der Waals surface area contributed by atoms with E-state index in [1.54, 1.807) is 0 Å². The lowest BCUT2D eigenvalue weighted by Crippen LogP contribution is -2.26. The van der Waals surface area contributed by atoms with E-state index in [4.69, 9.17) is 14.2 Å². The van der Waals surface area contributed by atoms with Crippen LogP contribution in [-0.2, 0) is 9.53 Å². The number of benzene rings is 3. The van der Waals surface area contributed by atoms with Crippen LogP contribution in [0.3, 0.4) is 0 Å². The molecule has 5 rings (SSSR count). The highest BCUT2D eigenvalue weighted by Gasteiger charge is 2.33. The van der Waals surface area contributed by atoms with E-state index in [9.17, 15) is 31.1 Å². The zero-order valence-corrected chi connectivity index (χ0v) is 20.1. The Balaban J connectivity index is 1.27. The first-order valence-electron chi connectivity index (χ1n) is 12.0. The van der Waals surface area contributed by atoms with Crippen LogP contribution >= 0.6 is 0 Å². The molecule has 0 N–H and O–H groups in total. The van der Waals surface area contributed by atoms with Gasteiger partial charge in [0.25, 0.3) is 0 Å². The molecule has 1 unspecified atom stereocenters. The van der Waals surface area contributed by atoms with E-state index in [1.807, 2.05) is 0 Å². The second-order valence-corrected chi connectivity index (χ2v) is 9.35. The van der Waals surface area contributed by atoms with E-state index in [2.05, 4.69) is 0 Å². The average molecular weight is 536 g/mol. The Hall–Kier alpha value is -3.53. The summed E-state index contributed by atoms with van der Waals surface area (Å²) >= 11 is 0. The number of epoxide rings is 1. The van der Waals surface area contributed by atoms with Crippen LogP contribution in [0.5, 0.6) is 11.5 Å². The number of hydrogen-bond acceptors (Lipinski definition) is 4. The Kier molecular flexibility index (Phi) is 7.09. The maximum atomic E-state index is 14.8. The highest BCUT2D eigenvalue weighted by molar-refractivity contribution is 5.76. The Morgan fingerprint density at radius 3 is 1.87 bits per heavy atom. The predicted octanol–water partition coefficient (Wildman–Crippen LogP) is 7.15. The number of methoxy groups -OCH3 is 1.